The van der Waals surface area contributed by atoms with E-state index in [-0.39, 0.29) is 23.8 Å². The molecule has 1 amide bonds. The van der Waals surface area contributed by atoms with Gasteiger partial charge in [-0.25, -0.2) is 4.79 Å². The van der Waals surface area contributed by atoms with Crippen LogP contribution in [0.1, 0.15) is 47.2 Å². The van der Waals surface area contributed by atoms with Gasteiger partial charge in [-0.1, -0.05) is 55.3 Å². The van der Waals surface area contributed by atoms with Gasteiger partial charge in [0.25, 0.3) is 5.91 Å². The van der Waals surface area contributed by atoms with E-state index in [1.54, 1.807) is 0 Å². The summed E-state index contributed by atoms with van der Waals surface area (Å²) in [5.74, 6) is 0.382. The van der Waals surface area contributed by atoms with E-state index in [0.29, 0.717) is 23.0 Å². The van der Waals surface area contributed by atoms with E-state index < -0.39 is 5.60 Å². The number of ether oxygens (including phenoxy) is 1. The fourth-order valence-electron chi connectivity index (χ4n) is 6.07. The van der Waals surface area contributed by atoms with Gasteiger partial charge in [0.05, 0.1) is 12.7 Å². The normalized spacial score (nSPS) is 26.0. The zero-order valence-electron chi connectivity index (χ0n) is 19.8. The third-order valence-corrected chi connectivity index (χ3v) is 8.17. The van der Waals surface area contributed by atoms with E-state index in [1.807, 2.05) is 54.6 Å². The number of hydrogen-bond donors (Lipinski definition) is 2. The number of aliphatic hydroxyl groups is 1. The van der Waals surface area contributed by atoms with E-state index in [9.17, 15) is 14.7 Å². The first-order valence-corrected chi connectivity index (χ1v) is 12.5. The quantitative estimate of drug-likeness (QED) is 0.590. The lowest BCUT2D eigenvalue weighted by atomic mass is 9.79. The summed E-state index contributed by atoms with van der Waals surface area (Å²) in [5.41, 5.74) is 1.04. The number of rotatable bonds is 8. The van der Waals surface area contributed by atoms with Crippen LogP contribution in [0.3, 0.4) is 0 Å². The first kappa shape index (κ1) is 23.1. The molecule has 2 aromatic rings. The van der Waals surface area contributed by atoms with E-state index in [4.69, 9.17) is 4.74 Å². The Morgan fingerprint density at radius 3 is 2.29 bits per heavy atom. The number of likely N-dealkylation sites (tertiary alicyclic amines) is 1. The third kappa shape index (κ3) is 4.37. The molecule has 5 rings (SSSR count). The fraction of sp³-hybridized carbons (Fsp3) is 0.500. The number of fused-ring (bicyclic) bond motifs is 1. The van der Waals surface area contributed by atoms with Crippen molar-refractivity contribution in [3.63, 3.8) is 0 Å². The van der Waals surface area contributed by atoms with Gasteiger partial charge in [-0.05, 0) is 54.4 Å². The van der Waals surface area contributed by atoms with Crippen molar-refractivity contribution in [2.45, 2.75) is 43.7 Å². The van der Waals surface area contributed by atoms with Gasteiger partial charge in [-0.2, -0.15) is 0 Å². The number of methoxy groups -OCH3 is 1. The number of amides is 1. The Hall–Kier alpha value is -2.70. The van der Waals surface area contributed by atoms with Crippen LogP contribution < -0.4 is 5.32 Å². The Morgan fingerprint density at radius 2 is 1.68 bits per heavy atom. The maximum Gasteiger partial charge on any atom is 0.337 e. The molecule has 2 unspecified atom stereocenters. The molecule has 0 bridgehead atoms. The third-order valence-electron chi connectivity index (χ3n) is 8.17. The molecule has 1 saturated heterocycles. The second-order valence-electron chi connectivity index (χ2n) is 10.1. The molecule has 2 aromatic carbocycles. The molecule has 0 spiro atoms. The molecular weight excluding hydrogens is 428 g/mol. The van der Waals surface area contributed by atoms with Gasteiger partial charge in [0.1, 0.15) is 0 Å². The fourth-order valence-corrected chi connectivity index (χ4v) is 6.07. The first-order valence-electron chi connectivity index (χ1n) is 12.5. The van der Waals surface area contributed by atoms with Crippen LogP contribution in [0.4, 0.5) is 0 Å². The average molecular weight is 463 g/mol. The summed E-state index contributed by atoms with van der Waals surface area (Å²) in [6, 6.07) is 17.2. The topological polar surface area (TPSA) is 78.9 Å². The van der Waals surface area contributed by atoms with Crippen molar-refractivity contribution < 1.29 is 19.4 Å². The summed E-state index contributed by atoms with van der Waals surface area (Å²) >= 11 is 0. The summed E-state index contributed by atoms with van der Waals surface area (Å²) < 4.78 is 4.75. The molecule has 2 N–H and O–H groups in total. The minimum absolute atomic E-state index is 0.0180. The molecule has 180 valence electrons. The van der Waals surface area contributed by atoms with E-state index in [1.165, 1.54) is 12.7 Å². The Labute approximate surface area is 201 Å². The largest absolute Gasteiger partial charge is 0.465 e. The lowest BCUT2D eigenvalue weighted by molar-refractivity contribution is -0.147. The van der Waals surface area contributed by atoms with Gasteiger partial charge < -0.3 is 20.1 Å². The van der Waals surface area contributed by atoms with Crippen molar-refractivity contribution in [3.05, 3.63) is 71.3 Å². The summed E-state index contributed by atoms with van der Waals surface area (Å²) in [5, 5.41) is 14.9. The molecular formula is C28H34N2O4. The molecule has 6 heteroatoms. The Balaban J connectivity index is 1.14. The summed E-state index contributed by atoms with van der Waals surface area (Å²) in [6.07, 6.45) is 4.85. The highest BCUT2D eigenvalue weighted by Crippen LogP contribution is 2.47. The van der Waals surface area contributed by atoms with Crippen LogP contribution in [0, 0.1) is 17.8 Å². The number of carbonyl (C=O) groups excluding carboxylic acids is 2. The number of benzene rings is 2. The maximum absolute atomic E-state index is 13.4. The van der Waals surface area contributed by atoms with Crippen molar-refractivity contribution in [1.82, 2.24) is 10.2 Å². The predicted molar refractivity (Wildman–Crippen MR) is 129 cm³/mol. The number of esters is 1. The SMILES string of the molecule is COC(=O)c1ccc(CCN2C[C@@H]3C(NC(=O)C(O)(c4ccccc4)C4CCCC4)[C@@H]3C2)cc1. The van der Waals surface area contributed by atoms with Crippen LogP contribution in [-0.4, -0.2) is 54.7 Å². The van der Waals surface area contributed by atoms with Crippen LogP contribution in [0.5, 0.6) is 0 Å². The van der Waals surface area contributed by atoms with Gasteiger partial charge >= 0.3 is 5.97 Å². The molecule has 3 aliphatic rings. The highest BCUT2D eigenvalue weighted by molar-refractivity contribution is 5.89. The molecule has 0 aromatic heterocycles. The lowest BCUT2D eigenvalue weighted by Gasteiger charge is -2.33. The minimum atomic E-state index is -1.44. The van der Waals surface area contributed by atoms with Crippen LogP contribution in [-0.2, 0) is 21.6 Å². The van der Waals surface area contributed by atoms with Crippen molar-refractivity contribution in [3.8, 4) is 0 Å². The van der Waals surface area contributed by atoms with Gasteiger partial charge in [-0.3, -0.25) is 4.79 Å². The van der Waals surface area contributed by atoms with Crippen molar-refractivity contribution >= 4 is 11.9 Å². The molecule has 1 aliphatic heterocycles. The molecule has 4 atom stereocenters. The van der Waals surface area contributed by atoms with E-state index in [0.717, 1.165) is 51.7 Å². The van der Waals surface area contributed by atoms with Crippen LogP contribution in [0.15, 0.2) is 54.6 Å². The number of piperidine rings is 1. The van der Waals surface area contributed by atoms with Crippen molar-refractivity contribution in [2.75, 3.05) is 26.7 Å². The predicted octanol–water partition coefficient (Wildman–Crippen LogP) is 3.14. The monoisotopic (exact) mass is 462 g/mol. The van der Waals surface area contributed by atoms with Crippen molar-refractivity contribution in [1.29, 1.82) is 0 Å². The average Bonchev–Trinajstić information content (AvgIpc) is 3.29. The van der Waals surface area contributed by atoms with E-state index in [2.05, 4.69) is 10.2 Å². The Morgan fingerprint density at radius 1 is 1.03 bits per heavy atom. The number of carbonyl (C=O) groups is 2. The zero-order chi connectivity index (χ0) is 23.7. The first-order chi connectivity index (χ1) is 16.5. The molecule has 6 nitrogen and oxygen atoms in total. The van der Waals surface area contributed by atoms with Gasteiger partial charge in [0, 0.05) is 31.6 Å². The van der Waals surface area contributed by atoms with Crippen LogP contribution >= 0.6 is 0 Å². The minimum Gasteiger partial charge on any atom is -0.465 e. The molecule has 34 heavy (non-hydrogen) atoms. The summed E-state index contributed by atoms with van der Waals surface area (Å²) in [4.78, 5) is 27.4. The standard InChI is InChI=1S/C28H34N2O4/c1-34-26(31)20-13-11-19(12-14-20)15-16-30-17-23-24(18-30)25(23)29-27(32)28(33,22-9-5-6-10-22)21-7-3-2-4-8-21/h2-4,7-8,11-14,22-25,33H,5-6,9-10,15-18H2,1H3,(H,29,32)/t23-,24+,25?,28?. The molecule has 2 aliphatic carbocycles. The summed E-state index contributed by atoms with van der Waals surface area (Å²) in [7, 11) is 1.39. The highest BCUT2D eigenvalue weighted by atomic mass is 16.5. The Bertz CT molecular complexity index is 1010. The maximum atomic E-state index is 13.4. The summed E-state index contributed by atoms with van der Waals surface area (Å²) in [6.45, 7) is 2.91. The van der Waals surface area contributed by atoms with E-state index >= 15 is 0 Å². The van der Waals surface area contributed by atoms with Crippen LogP contribution in [0.2, 0.25) is 0 Å². The lowest BCUT2D eigenvalue weighted by Crippen LogP contribution is -2.51. The zero-order valence-corrected chi connectivity index (χ0v) is 19.8. The number of hydrogen-bond acceptors (Lipinski definition) is 5. The second-order valence-corrected chi connectivity index (χ2v) is 10.1. The number of nitrogens with one attached hydrogen (secondary N) is 1. The van der Waals surface area contributed by atoms with Gasteiger partial charge in [0.2, 0.25) is 0 Å². The molecule has 1 heterocycles. The molecule has 0 radical (unpaired) electrons. The molecule has 2 saturated carbocycles. The van der Waals surface area contributed by atoms with Crippen molar-refractivity contribution in [2.24, 2.45) is 17.8 Å². The number of nitrogens with zero attached hydrogens (tertiary/aromatic N) is 1. The Kier molecular flexibility index (Phi) is 6.45. The van der Waals surface area contributed by atoms with Gasteiger partial charge in [0.15, 0.2) is 5.60 Å². The smallest absolute Gasteiger partial charge is 0.337 e. The second kappa shape index (κ2) is 9.51. The van der Waals surface area contributed by atoms with Gasteiger partial charge in [-0.15, -0.1) is 0 Å². The molecule has 3 fully saturated rings. The highest BCUT2D eigenvalue weighted by Gasteiger charge is 2.58. The van der Waals surface area contributed by atoms with Crippen LogP contribution in [0.25, 0.3) is 0 Å².